The van der Waals surface area contributed by atoms with Crippen LogP contribution in [0.4, 0.5) is 10.9 Å². The summed E-state index contributed by atoms with van der Waals surface area (Å²) in [5, 5.41) is 6.89. The minimum atomic E-state index is -0.129. The van der Waals surface area contributed by atoms with Crippen molar-refractivity contribution in [2.75, 3.05) is 11.1 Å². The molecule has 0 saturated heterocycles. The van der Waals surface area contributed by atoms with Crippen LogP contribution in [0.1, 0.15) is 57.1 Å². The summed E-state index contributed by atoms with van der Waals surface area (Å²) >= 11 is 1.31. The summed E-state index contributed by atoms with van der Waals surface area (Å²) < 4.78 is 0. The van der Waals surface area contributed by atoms with Crippen LogP contribution >= 0.6 is 11.3 Å². The van der Waals surface area contributed by atoms with Gasteiger partial charge in [0.25, 0.3) is 5.91 Å². The molecule has 1 atom stereocenters. The predicted octanol–water partition coefficient (Wildman–Crippen LogP) is 3.10. The first-order chi connectivity index (χ1) is 9.38. The van der Waals surface area contributed by atoms with Crippen molar-refractivity contribution in [1.29, 1.82) is 0 Å². The summed E-state index contributed by atoms with van der Waals surface area (Å²) in [7, 11) is 0. The van der Waals surface area contributed by atoms with Crippen molar-refractivity contribution in [3.8, 4) is 0 Å². The molecule has 1 amide bonds. The number of nitrogens with two attached hydrogens (primary N) is 1. The molecule has 4 N–H and O–H groups in total. The fourth-order valence-electron chi connectivity index (χ4n) is 2.19. The van der Waals surface area contributed by atoms with Crippen molar-refractivity contribution in [3.05, 3.63) is 4.88 Å². The van der Waals surface area contributed by atoms with Crippen molar-refractivity contribution in [3.63, 3.8) is 0 Å². The van der Waals surface area contributed by atoms with Crippen LogP contribution in [-0.4, -0.2) is 23.0 Å². The number of anilines is 2. The SMILES string of the molecule is CCC(CC)C(C)NC(=O)c1sc(NC(C)C)nc1N. The van der Waals surface area contributed by atoms with Crippen molar-refractivity contribution in [1.82, 2.24) is 10.3 Å². The third-order valence-corrected chi connectivity index (χ3v) is 4.39. The number of carbonyl (C=O) groups is 1. The van der Waals surface area contributed by atoms with Crippen molar-refractivity contribution >= 4 is 28.2 Å². The van der Waals surface area contributed by atoms with E-state index in [1.165, 1.54) is 11.3 Å². The number of nitrogens with zero attached hydrogens (tertiary/aromatic N) is 1. The number of aromatic nitrogens is 1. The molecule has 0 saturated carbocycles. The van der Waals surface area contributed by atoms with Gasteiger partial charge in [0.05, 0.1) is 0 Å². The van der Waals surface area contributed by atoms with Crippen LogP contribution in [-0.2, 0) is 0 Å². The Bertz CT molecular complexity index is 440. The lowest BCUT2D eigenvalue weighted by molar-refractivity contribution is 0.0930. The van der Waals surface area contributed by atoms with Gasteiger partial charge in [-0.2, -0.15) is 0 Å². The van der Waals surface area contributed by atoms with Gasteiger partial charge in [-0.3, -0.25) is 4.79 Å². The van der Waals surface area contributed by atoms with E-state index in [4.69, 9.17) is 5.73 Å². The Morgan fingerprint density at radius 2 is 1.90 bits per heavy atom. The number of amides is 1. The highest BCUT2D eigenvalue weighted by Crippen LogP contribution is 2.26. The molecule has 0 aliphatic rings. The van der Waals surface area contributed by atoms with Gasteiger partial charge in [-0.25, -0.2) is 4.98 Å². The molecule has 6 heteroatoms. The van der Waals surface area contributed by atoms with Gasteiger partial charge in [0.1, 0.15) is 10.7 Å². The first-order valence-corrected chi connectivity index (χ1v) is 8.04. The Morgan fingerprint density at radius 1 is 1.30 bits per heavy atom. The van der Waals surface area contributed by atoms with Crippen LogP contribution in [0.5, 0.6) is 0 Å². The quantitative estimate of drug-likeness (QED) is 0.722. The van der Waals surface area contributed by atoms with Gasteiger partial charge >= 0.3 is 0 Å². The Labute approximate surface area is 125 Å². The van der Waals surface area contributed by atoms with E-state index in [0.29, 0.717) is 21.7 Å². The third kappa shape index (κ3) is 4.37. The zero-order valence-electron chi connectivity index (χ0n) is 13.0. The summed E-state index contributed by atoms with van der Waals surface area (Å²) in [5.41, 5.74) is 5.83. The summed E-state index contributed by atoms with van der Waals surface area (Å²) in [4.78, 5) is 16.9. The highest BCUT2D eigenvalue weighted by Gasteiger charge is 2.21. The fourth-order valence-corrected chi connectivity index (χ4v) is 3.12. The topological polar surface area (TPSA) is 80.0 Å². The molecule has 1 unspecified atom stereocenters. The third-order valence-electron chi connectivity index (χ3n) is 3.39. The number of nitrogen functional groups attached to an aromatic ring is 1. The standard InChI is InChI=1S/C14H26N4OS/c1-6-10(7-2)9(5)17-13(19)11-12(15)18-14(20-11)16-8(3)4/h8-10H,6-7,15H2,1-5H3,(H,16,18)(H,17,19). The molecule has 0 spiro atoms. The highest BCUT2D eigenvalue weighted by atomic mass is 32.1. The number of rotatable bonds is 7. The molecule has 1 aromatic heterocycles. The average Bonchev–Trinajstić information content (AvgIpc) is 2.70. The second kappa shape index (κ2) is 7.47. The Hall–Kier alpha value is -1.30. The van der Waals surface area contributed by atoms with Gasteiger partial charge in [-0.1, -0.05) is 38.0 Å². The smallest absolute Gasteiger partial charge is 0.265 e. The molecule has 0 fully saturated rings. The molecular weight excluding hydrogens is 272 g/mol. The van der Waals surface area contributed by atoms with Gasteiger partial charge in [-0.15, -0.1) is 0 Å². The first kappa shape index (κ1) is 16.8. The molecule has 1 aromatic rings. The van der Waals surface area contributed by atoms with Gasteiger partial charge in [-0.05, 0) is 26.7 Å². The van der Waals surface area contributed by atoms with Crippen molar-refractivity contribution < 1.29 is 4.79 Å². The van der Waals surface area contributed by atoms with E-state index < -0.39 is 0 Å². The number of hydrogen-bond donors (Lipinski definition) is 3. The molecule has 5 nitrogen and oxygen atoms in total. The van der Waals surface area contributed by atoms with E-state index in [1.807, 2.05) is 20.8 Å². The van der Waals surface area contributed by atoms with E-state index in [2.05, 4.69) is 29.5 Å². The number of carbonyl (C=O) groups excluding carboxylic acids is 1. The zero-order valence-corrected chi connectivity index (χ0v) is 13.8. The molecular formula is C14H26N4OS. The van der Waals surface area contributed by atoms with Crippen LogP contribution in [0, 0.1) is 5.92 Å². The minimum Gasteiger partial charge on any atom is -0.382 e. The second-order valence-corrected chi connectivity index (χ2v) is 6.37. The van der Waals surface area contributed by atoms with Gasteiger partial charge in [0.15, 0.2) is 5.13 Å². The molecule has 20 heavy (non-hydrogen) atoms. The molecule has 0 radical (unpaired) electrons. The van der Waals surface area contributed by atoms with E-state index in [9.17, 15) is 4.79 Å². The molecule has 114 valence electrons. The maximum atomic E-state index is 12.3. The van der Waals surface area contributed by atoms with E-state index in [1.54, 1.807) is 0 Å². The molecule has 0 aliphatic heterocycles. The highest BCUT2D eigenvalue weighted by molar-refractivity contribution is 7.18. The van der Waals surface area contributed by atoms with Gasteiger partial charge < -0.3 is 16.4 Å². The molecule has 0 aliphatic carbocycles. The van der Waals surface area contributed by atoms with Crippen LogP contribution < -0.4 is 16.4 Å². The summed E-state index contributed by atoms with van der Waals surface area (Å²) in [6.45, 7) is 10.4. The fraction of sp³-hybridized carbons (Fsp3) is 0.714. The maximum Gasteiger partial charge on any atom is 0.265 e. The lowest BCUT2D eigenvalue weighted by Gasteiger charge is -2.22. The van der Waals surface area contributed by atoms with E-state index >= 15 is 0 Å². The second-order valence-electron chi connectivity index (χ2n) is 5.37. The van der Waals surface area contributed by atoms with E-state index in [-0.39, 0.29) is 18.0 Å². The van der Waals surface area contributed by atoms with Crippen LogP contribution in [0.3, 0.4) is 0 Å². The number of nitrogens with one attached hydrogen (secondary N) is 2. The predicted molar refractivity (Wildman–Crippen MR) is 86.3 cm³/mol. The molecule has 1 heterocycles. The summed E-state index contributed by atoms with van der Waals surface area (Å²) in [6, 6.07) is 0.403. The van der Waals surface area contributed by atoms with Crippen molar-refractivity contribution in [2.45, 2.75) is 59.5 Å². The van der Waals surface area contributed by atoms with Crippen LogP contribution in [0.2, 0.25) is 0 Å². The Morgan fingerprint density at radius 3 is 2.40 bits per heavy atom. The molecule has 0 bridgehead atoms. The first-order valence-electron chi connectivity index (χ1n) is 7.22. The zero-order chi connectivity index (χ0) is 15.3. The van der Waals surface area contributed by atoms with E-state index in [0.717, 1.165) is 12.8 Å². The van der Waals surface area contributed by atoms with Gasteiger partial charge in [0, 0.05) is 12.1 Å². The van der Waals surface area contributed by atoms with Crippen LogP contribution in [0.25, 0.3) is 0 Å². The lowest BCUT2D eigenvalue weighted by atomic mass is 9.95. The normalized spacial score (nSPS) is 12.8. The minimum absolute atomic E-state index is 0.129. The Kier molecular flexibility index (Phi) is 6.26. The summed E-state index contributed by atoms with van der Waals surface area (Å²) in [5.74, 6) is 0.657. The van der Waals surface area contributed by atoms with Crippen LogP contribution in [0.15, 0.2) is 0 Å². The summed E-state index contributed by atoms with van der Waals surface area (Å²) in [6.07, 6.45) is 2.10. The Balaban J connectivity index is 2.74. The average molecular weight is 298 g/mol. The molecule has 0 aromatic carbocycles. The number of hydrogen-bond acceptors (Lipinski definition) is 5. The largest absolute Gasteiger partial charge is 0.382 e. The van der Waals surface area contributed by atoms with Gasteiger partial charge in [0.2, 0.25) is 0 Å². The number of thiazole rings is 1. The van der Waals surface area contributed by atoms with Crippen molar-refractivity contribution in [2.24, 2.45) is 5.92 Å². The molecule has 1 rings (SSSR count). The lowest BCUT2D eigenvalue weighted by Crippen LogP contribution is -2.37. The maximum absolute atomic E-state index is 12.3. The monoisotopic (exact) mass is 298 g/mol.